The third-order valence-corrected chi connectivity index (χ3v) is 2.91. The number of amides is 1. The van der Waals surface area contributed by atoms with E-state index < -0.39 is 11.6 Å². The summed E-state index contributed by atoms with van der Waals surface area (Å²) in [5, 5.41) is 14.1. The van der Waals surface area contributed by atoms with Crippen molar-refractivity contribution in [3.05, 3.63) is 11.1 Å². The van der Waals surface area contributed by atoms with E-state index >= 15 is 0 Å². The fraction of sp³-hybridized carbons (Fsp3) is 0.556. The Morgan fingerprint density at radius 1 is 1.73 bits per heavy atom. The molecule has 0 aliphatic rings. The van der Waals surface area contributed by atoms with Gasteiger partial charge in [-0.1, -0.05) is 0 Å². The summed E-state index contributed by atoms with van der Waals surface area (Å²) in [5.74, 6) is -0.325. The Morgan fingerprint density at radius 2 is 2.33 bits per heavy atom. The fourth-order valence-corrected chi connectivity index (χ4v) is 1.40. The van der Waals surface area contributed by atoms with Crippen LogP contribution in [0, 0.1) is 0 Å². The van der Waals surface area contributed by atoms with Gasteiger partial charge in [-0.25, -0.2) is 4.98 Å². The van der Waals surface area contributed by atoms with Gasteiger partial charge in [0.25, 0.3) is 5.91 Å². The minimum Gasteiger partial charge on any atom is -0.391 e. The minimum absolute atomic E-state index is 0.284. The lowest BCUT2D eigenvalue weighted by atomic mass is 9.99. The van der Waals surface area contributed by atoms with Gasteiger partial charge in [0.05, 0.1) is 11.6 Å². The van der Waals surface area contributed by atoms with E-state index in [0.717, 1.165) is 0 Å². The Morgan fingerprint density at radius 3 is 2.73 bits per heavy atom. The SMILES string of the molecule is CC(O)C(C)(C)NC(=O)c1csc(N)n1. The highest BCUT2D eigenvalue weighted by atomic mass is 32.1. The molecule has 0 aromatic carbocycles. The number of nitrogens with two attached hydrogens (primary N) is 1. The number of aliphatic hydroxyl groups is 1. The van der Waals surface area contributed by atoms with Crippen molar-refractivity contribution < 1.29 is 9.90 Å². The van der Waals surface area contributed by atoms with Crippen LogP contribution in [0.25, 0.3) is 0 Å². The molecule has 15 heavy (non-hydrogen) atoms. The minimum atomic E-state index is -0.685. The summed E-state index contributed by atoms with van der Waals surface area (Å²) in [4.78, 5) is 15.5. The second kappa shape index (κ2) is 4.16. The van der Waals surface area contributed by atoms with Gasteiger partial charge in [0, 0.05) is 5.38 Å². The van der Waals surface area contributed by atoms with Crippen molar-refractivity contribution >= 4 is 22.4 Å². The zero-order valence-electron chi connectivity index (χ0n) is 8.94. The molecule has 0 radical (unpaired) electrons. The fourth-order valence-electron chi connectivity index (χ4n) is 0.853. The normalized spacial score (nSPS) is 13.6. The topological polar surface area (TPSA) is 88.2 Å². The molecule has 1 amide bonds. The first-order chi connectivity index (χ1) is 6.83. The van der Waals surface area contributed by atoms with Crippen LogP contribution < -0.4 is 11.1 Å². The Bertz CT molecular complexity index is 360. The number of nitrogen functional groups attached to an aromatic ring is 1. The molecule has 5 nitrogen and oxygen atoms in total. The van der Waals surface area contributed by atoms with E-state index in [1.54, 1.807) is 26.2 Å². The second-order valence-corrected chi connectivity index (χ2v) is 4.81. The van der Waals surface area contributed by atoms with E-state index in [4.69, 9.17) is 5.73 Å². The predicted octanol–water partition coefficient (Wildman–Crippen LogP) is 0.614. The first-order valence-electron chi connectivity index (χ1n) is 4.54. The van der Waals surface area contributed by atoms with Gasteiger partial charge in [-0.3, -0.25) is 4.79 Å². The van der Waals surface area contributed by atoms with Crippen LogP contribution in [-0.4, -0.2) is 27.6 Å². The quantitative estimate of drug-likeness (QED) is 0.708. The predicted molar refractivity (Wildman–Crippen MR) is 59.8 cm³/mol. The number of nitrogens with zero attached hydrogens (tertiary/aromatic N) is 1. The molecule has 0 fully saturated rings. The van der Waals surface area contributed by atoms with E-state index in [1.165, 1.54) is 11.3 Å². The molecule has 1 heterocycles. The Hall–Kier alpha value is -1.14. The molecule has 1 rings (SSSR count). The maximum absolute atomic E-state index is 11.6. The van der Waals surface area contributed by atoms with Crippen LogP contribution in [0.15, 0.2) is 5.38 Å². The van der Waals surface area contributed by atoms with Crippen molar-refractivity contribution in [1.29, 1.82) is 0 Å². The van der Waals surface area contributed by atoms with Crippen molar-refractivity contribution in [3.8, 4) is 0 Å². The molecule has 1 aromatic rings. The van der Waals surface area contributed by atoms with Crippen LogP contribution >= 0.6 is 11.3 Å². The maximum atomic E-state index is 11.6. The van der Waals surface area contributed by atoms with Gasteiger partial charge in [-0.15, -0.1) is 11.3 Å². The van der Waals surface area contributed by atoms with E-state index in [1.807, 2.05) is 0 Å². The number of thiazole rings is 1. The van der Waals surface area contributed by atoms with E-state index in [-0.39, 0.29) is 11.6 Å². The number of hydrogen-bond acceptors (Lipinski definition) is 5. The van der Waals surface area contributed by atoms with E-state index in [9.17, 15) is 9.90 Å². The summed E-state index contributed by atoms with van der Waals surface area (Å²) in [6.07, 6.45) is -0.641. The molecule has 4 N–H and O–H groups in total. The smallest absolute Gasteiger partial charge is 0.271 e. The van der Waals surface area contributed by atoms with Gasteiger partial charge in [0.1, 0.15) is 5.69 Å². The lowest BCUT2D eigenvalue weighted by Gasteiger charge is -2.28. The third kappa shape index (κ3) is 2.90. The van der Waals surface area contributed by atoms with E-state index in [2.05, 4.69) is 10.3 Å². The Balaban J connectivity index is 2.72. The molecule has 0 saturated heterocycles. The van der Waals surface area contributed by atoms with Crippen molar-refractivity contribution in [1.82, 2.24) is 10.3 Å². The van der Waals surface area contributed by atoms with Crippen LogP contribution in [-0.2, 0) is 0 Å². The largest absolute Gasteiger partial charge is 0.391 e. The summed E-state index contributed by atoms with van der Waals surface area (Å²) < 4.78 is 0. The summed E-state index contributed by atoms with van der Waals surface area (Å²) in [6, 6.07) is 0. The lowest BCUT2D eigenvalue weighted by molar-refractivity contribution is 0.0706. The average Bonchev–Trinajstić information content (AvgIpc) is 2.50. The summed E-state index contributed by atoms with van der Waals surface area (Å²) in [7, 11) is 0. The van der Waals surface area contributed by atoms with Crippen LogP contribution in [0.4, 0.5) is 5.13 Å². The standard InChI is InChI=1S/C9H15N3O2S/c1-5(13)9(2,3)12-7(14)6-4-15-8(10)11-6/h4-5,13H,1-3H3,(H2,10,11)(H,12,14). The number of carbonyl (C=O) groups is 1. The summed E-state index contributed by atoms with van der Waals surface area (Å²) >= 11 is 1.21. The second-order valence-electron chi connectivity index (χ2n) is 3.92. The van der Waals surface area contributed by atoms with Gasteiger partial charge < -0.3 is 16.2 Å². The van der Waals surface area contributed by atoms with Gasteiger partial charge in [0.2, 0.25) is 0 Å². The number of nitrogens with one attached hydrogen (secondary N) is 1. The molecule has 0 aliphatic heterocycles. The van der Waals surface area contributed by atoms with Crippen molar-refractivity contribution in [3.63, 3.8) is 0 Å². The van der Waals surface area contributed by atoms with Gasteiger partial charge >= 0.3 is 0 Å². The molecule has 0 aliphatic carbocycles. The molecule has 1 unspecified atom stereocenters. The zero-order valence-corrected chi connectivity index (χ0v) is 9.76. The molecule has 6 heteroatoms. The molecule has 84 valence electrons. The van der Waals surface area contributed by atoms with Crippen LogP contribution in [0.3, 0.4) is 0 Å². The van der Waals surface area contributed by atoms with E-state index in [0.29, 0.717) is 5.13 Å². The third-order valence-electron chi connectivity index (χ3n) is 2.23. The average molecular weight is 229 g/mol. The first-order valence-corrected chi connectivity index (χ1v) is 5.42. The number of aliphatic hydroxyl groups excluding tert-OH is 1. The Kier molecular flexibility index (Phi) is 3.31. The van der Waals surface area contributed by atoms with Gasteiger partial charge in [0.15, 0.2) is 5.13 Å². The van der Waals surface area contributed by atoms with Crippen molar-refractivity contribution in [2.24, 2.45) is 0 Å². The summed E-state index contributed by atoms with van der Waals surface area (Å²) in [5.41, 5.74) is 5.02. The monoisotopic (exact) mass is 229 g/mol. The summed E-state index contributed by atoms with van der Waals surface area (Å²) in [6.45, 7) is 5.10. The lowest BCUT2D eigenvalue weighted by Crippen LogP contribution is -2.51. The zero-order chi connectivity index (χ0) is 11.6. The van der Waals surface area contributed by atoms with Crippen LogP contribution in [0.2, 0.25) is 0 Å². The maximum Gasteiger partial charge on any atom is 0.271 e. The van der Waals surface area contributed by atoms with Gasteiger partial charge in [-0.2, -0.15) is 0 Å². The molecule has 0 spiro atoms. The highest BCUT2D eigenvalue weighted by Crippen LogP contribution is 2.13. The number of aromatic nitrogens is 1. The van der Waals surface area contributed by atoms with Crippen LogP contribution in [0.5, 0.6) is 0 Å². The molecular formula is C9H15N3O2S. The molecule has 1 aromatic heterocycles. The Labute approximate surface area is 92.3 Å². The number of anilines is 1. The molecular weight excluding hydrogens is 214 g/mol. The molecule has 0 bridgehead atoms. The number of carbonyl (C=O) groups excluding carboxylic acids is 1. The number of rotatable bonds is 3. The molecule has 1 atom stereocenters. The highest BCUT2D eigenvalue weighted by Gasteiger charge is 2.27. The van der Waals surface area contributed by atoms with Crippen LogP contribution in [0.1, 0.15) is 31.3 Å². The van der Waals surface area contributed by atoms with Crippen molar-refractivity contribution in [2.45, 2.75) is 32.4 Å². The number of hydrogen-bond donors (Lipinski definition) is 3. The molecule has 0 saturated carbocycles. The van der Waals surface area contributed by atoms with Gasteiger partial charge in [-0.05, 0) is 20.8 Å². The highest BCUT2D eigenvalue weighted by molar-refractivity contribution is 7.13. The first kappa shape index (κ1) is 11.9. The van der Waals surface area contributed by atoms with Crippen molar-refractivity contribution in [2.75, 3.05) is 5.73 Å².